The summed E-state index contributed by atoms with van der Waals surface area (Å²) in [5.41, 5.74) is 3.46. The summed E-state index contributed by atoms with van der Waals surface area (Å²) in [6, 6.07) is 12.1. The van der Waals surface area contributed by atoms with Gasteiger partial charge in [-0.1, -0.05) is 41.9 Å². The molecule has 0 radical (unpaired) electrons. The van der Waals surface area contributed by atoms with Crippen LogP contribution in [0.15, 0.2) is 47.6 Å². The van der Waals surface area contributed by atoms with Gasteiger partial charge in [0.15, 0.2) is 5.96 Å². The summed E-state index contributed by atoms with van der Waals surface area (Å²) in [6.45, 7) is 3.02. The number of hydrogen-bond donors (Lipinski definition) is 2. The van der Waals surface area contributed by atoms with Crippen molar-refractivity contribution in [2.24, 2.45) is 4.99 Å². The van der Waals surface area contributed by atoms with Gasteiger partial charge in [-0.25, -0.2) is 4.98 Å². The number of nitrogens with one attached hydrogen (secondary N) is 2. The van der Waals surface area contributed by atoms with E-state index in [0.717, 1.165) is 43.0 Å². The SMILES string of the molecule is CN=C(NCCc1ccc(Cl)nc1)NCc1ccc(CN2CCCC2=O)cc1.I. The molecule has 1 aromatic heterocycles. The van der Waals surface area contributed by atoms with Gasteiger partial charge in [0, 0.05) is 45.8 Å². The quantitative estimate of drug-likeness (QED) is 0.251. The molecule has 1 amide bonds. The molecule has 29 heavy (non-hydrogen) atoms. The summed E-state index contributed by atoms with van der Waals surface area (Å²) in [5, 5.41) is 7.13. The van der Waals surface area contributed by atoms with Crippen LogP contribution in [0.2, 0.25) is 5.15 Å². The lowest BCUT2D eigenvalue weighted by atomic mass is 10.1. The lowest BCUT2D eigenvalue weighted by Crippen LogP contribution is -2.37. The molecule has 0 saturated carbocycles. The van der Waals surface area contributed by atoms with Crippen LogP contribution in [0, 0.1) is 0 Å². The van der Waals surface area contributed by atoms with Crippen LogP contribution in [0.3, 0.4) is 0 Å². The molecule has 0 unspecified atom stereocenters. The van der Waals surface area contributed by atoms with Crippen LogP contribution in [0.1, 0.15) is 29.5 Å². The fraction of sp³-hybridized carbons (Fsp3) is 0.381. The number of aliphatic imine (C=N–C) groups is 1. The van der Waals surface area contributed by atoms with Gasteiger partial charge >= 0.3 is 0 Å². The molecule has 2 N–H and O–H groups in total. The number of carbonyl (C=O) groups is 1. The van der Waals surface area contributed by atoms with Crippen molar-refractivity contribution < 1.29 is 4.79 Å². The van der Waals surface area contributed by atoms with Crippen molar-refractivity contribution in [3.05, 3.63) is 64.4 Å². The van der Waals surface area contributed by atoms with E-state index in [9.17, 15) is 4.79 Å². The predicted octanol–water partition coefficient (Wildman–Crippen LogP) is 3.38. The Morgan fingerprint density at radius 1 is 1.14 bits per heavy atom. The lowest BCUT2D eigenvalue weighted by molar-refractivity contribution is -0.128. The van der Waals surface area contributed by atoms with E-state index in [2.05, 4.69) is 44.9 Å². The molecule has 3 rings (SSSR count). The minimum atomic E-state index is 0. The van der Waals surface area contributed by atoms with Crippen LogP contribution in [0.25, 0.3) is 0 Å². The van der Waals surface area contributed by atoms with E-state index in [1.54, 1.807) is 19.3 Å². The van der Waals surface area contributed by atoms with Crippen molar-refractivity contribution in [2.45, 2.75) is 32.4 Å². The van der Waals surface area contributed by atoms with Crippen molar-refractivity contribution in [3.63, 3.8) is 0 Å². The smallest absolute Gasteiger partial charge is 0.222 e. The van der Waals surface area contributed by atoms with Crippen molar-refractivity contribution in [2.75, 3.05) is 20.1 Å². The van der Waals surface area contributed by atoms with Crippen LogP contribution in [-0.4, -0.2) is 41.9 Å². The van der Waals surface area contributed by atoms with Crippen molar-refractivity contribution in [1.29, 1.82) is 0 Å². The van der Waals surface area contributed by atoms with Gasteiger partial charge in [0.2, 0.25) is 5.91 Å². The molecule has 1 saturated heterocycles. The molecular formula is C21H27ClIN5O. The number of rotatable bonds is 7. The highest BCUT2D eigenvalue weighted by atomic mass is 127. The van der Waals surface area contributed by atoms with Crippen molar-refractivity contribution in [1.82, 2.24) is 20.5 Å². The molecule has 6 nitrogen and oxygen atoms in total. The monoisotopic (exact) mass is 527 g/mol. The highest BCUT2D eigenvalue weighted by Crippen LogP contribution is 2.14. The number of carbonyl (C=O) groups excluding carboxylic acids is 1. The largest absolute Gasteiger partial charge is 0.356 e. The number of likely N-dealkylation sites (tertiary alicyclic amines) is 1. The fourth-order valence-electron chi connectivity index (χ4n) is 3.14. The van der Waals surface area contributed by atoms with E-state index in [4.69, 9.17) is 11.6 Å². The Morgan fingerprint density at radius 3 is 2.48 bits per heavy atom. The van der Waals surface area contributed by atoms with Crippen LogP contribution in [0.5, 0.6) is 0 Å². The Labute approximate surface area is 194 Å². The molecule has 2 heterocycles. The zero-order chi connectivity index (χ0) is 19.8. The molecule has 1 aliphatic rings. The van der Waals surface area contributed by atoms with Crippen molar-refractivity contribution >= 4 is 47.4 Å². The molecule has 0 bridgehead atoms. The highest BCUT2D eigenvalue weighted by Gasteiger charge is 2.19. The Hall–Kier alpha value is -1.87. The van der Waals surface area contributed by atoms with Gasteiger partial charge in [-0.2, -0.15) is 0 Å². The summed E-state index contributed by atoms with van der Waals surface area (Å²) in [4.78, 5) is 22.0. The molecule has 1 aliphatic heterocycles. The molecule has 1 aromatic carbocycles. The highest BCUT2D eigenvalue weighted by molar-refractivity contribution is 14.0. The zero-order valence-electron chi connectivity index (χ0n) is 16.5. The number of amides is 1. The summed E-state index contributed by atoms with van der Waals surface area (Å²) < 4.78 is 0. The maximum atomic E-state index is 11.7. The van der Waals surface area contributed by atoms with E-state index in [1.165, 1.54) is 5.56 Å². The molecule has 1 fully saturated rings. The molecule has 0 spiro atoms. The number of benzene rings is 1. The summed E-state index contributed by atoms with van der Waals surface area (Å²) in [6.07, 6.45) is 4.29. The Kier molecular flexibility index (Phi) is 9.66. The maximum Gasteiger partial charge on any atom is 0.222 e. The average molecular weight is 528 g/mol. The minimum Gasteiger partial charge on any atom is -0.356 e. The van der Waals surface area contributed by atoms with Gasteiger partial charge in [0.05, 0.1) is 0 Å². The van der Waals surface area contributed by atoms with Gasteiger partial charge in [0.1, 0.15) is 5.15 Å². The standard InChI is InChI=1S/C21H26ClN5O.HI/c1-23-21(24-11-10-17-8-9-19(22)25-13-17)26-14-16-4-6-18(7-5-16)15-27-12-2-3-20(27)28;/h4-9,13H,2-3,10-12,14-15H2,1H3,(H2,23,24,26);1H. The minimum absolute atomic E-state index is 0. The number of aromatic nitrogens is 1. The Balaban J connectivity index is 0.00000300. The number of halogens is 2. The molecule has 156 valence electrons. The topological polar surface area (TPSA) is 69.6 Å². The molecule has 0 atom stereocenters. The fourth-order valence-corrected chi connectivity index (χ4v) is 3.25. The van der Waals surface area contributed by atoms with E-state index < -0.39 is 0 Å². The third-order valence-corrected chi connectivity index (χ3v) is 4.97. The van der Waals surface area contributed by atoms with Gasteiger partial charge in [-0.05, 0) is 35.6 Å². The second kappa shape index (κ2) is 12.0. The van der Waals surface area contributed by atoms with Crippen LogP contribution >= 0.6 is 35.6 Å². The second-order valence-corrected chi connectivity index (χ2v) is 7.21. The molecule has 2 aromatic rings. The molecule has 0 aliphatic carbocycles. The third kappa shape index (κ3) is 7.47. The number of nitrogens with zero attached hydrogens (tertiary/aromatic N) is 3. The first-order valence-corrected chi connectivity index (χ1v) is 9.92. The molecule has 8 heteroatoms. The van der Waals surface area contributed by atoms with Crippen LogP contribution in [-0.2, 0) is 24.3 Å². The Morgan fingerprint density at radius 2 is 1.86 bits per heavy atom. The first-order chi connectivity index (χ1) is 13.6. The predicted molar refractivity (Wildman–Crippen MR) is 128 cm³/mol. The van der Waals surface area contributed by atoms with Gasteiger partial charge in [-0.15, -0.1) is 24.0 Å². The second-order valence-electron chi connectivity index (χ2n) is 6.83. The Bertz CT molecular complexity index is 811. The van der Waals surface area contributed by atoms with Crippen LogP contribution < -0.4 is 10.6 Å². The van der Waals surface area contributed by atoms with Gasteiger partial charge in [0.25, 0.3) is 0 Å². The number of hydrogen-bond acceptors (Lipinski definition) is 3. The zero-order valence-corrected chi connectivity index (χ0v) is 19.6. The number of guanidine groups is 1. The number of pyridine rings is 1. The van der Waals surface area contributed by atoms with E-state index >= 15 is 0 Å². The maximum absolute atomic E-state index is 11.7. The first-order valence-electron chi connectivity index (χ1n) is 9.54. The lowest BCUT2D eigenvalue weighted by Gasteiger charge is -2.16. The van der Waals surface area contributed by atoms with E-state index in [-0.39, 0.29) is 29.9 Å². The average Bonchev–Trinajstić information content (AvgIpc) is 3.11. The summed E-state index contributed by atoms with van der Waals surface area (Å²) >= 11 is 5.80. The normalized spacial score (nSPS) is 13.9. The van der Waals surface area contributed by atoms with Gasteiger partial charge in [-0.3, -0.25) is 9.79 Å². The summed E-state index contributed by atoms with van der Waals surface area (Å²) in [5.74, 6) is 1.02. The third-order valence-electron chi connectivity index (χ3n) is 4.75. The molecular weight excluding hydrogens is 501 g/mol. The van der Waals surface area contributed by atoms with Gasteiger partial charge < -0.3 is 15.5 Å². The first kappa shape index (κ1) is 23.4. The van der Waals surface area contributed by atoms with E-state index in [0.29, 0.717) is 24.7 Å². The van der Waals surface area contributed by atoms with E-state index in [1.807, 2.05) is 11.0 Å². The summed E-state index contributed by atoms with van der Waals surface area (Å²) in [7, 11) is 1.76. The van der Waals surface area contributed by atoms with Crippen LogP contribution in [0.4, 0.5) is 0 Å². The van der Waals surface area contributed by atoms with Crippen molar-refractivity contribution in [3.8, 4) is 0 Å².